The van der Waals surface area contributed by atoms with Crippen molar-refractivity contribution in [2.75, 3.05) is 18.8 Å². The van der Waals surface area contributed by atoms with Crippen molar-refractivity contribution in [3.8, 4) is 11.5 Å². The Labute approximate surface area is 183 Å². The molecule has 2 aromatic rings. The van der Waals surface area contributed by atoms with Crippen LogP contribution in [0.25, 0.3) is 11.5 Å². The lowest BCUT2D eigenvalue weighted by Crippen LogP contribution is -2.43. The normalized spacial score (nSPS) is 12.2. The molecule has 1 amide bonds. The number of hydrogen-bond donors (Lipinski definition) is 0. The van der Waals surface area contributed by atoms with Crippen LogP contribution < -0.4 is 0 Å². The van der Waals surface area contributed by atoms with Crippen LogP contribution in [0.15, 0.2) is 38.8 Å². The van der Waals surface area contributed by atoms with Gasteiger partial charge in [-0.05, 0) is 52.0 Å². The van der Waals surface area contributed by atoms with Gasteiger partial charge in [0.2, 0.25) is 21.8 Å². The second-order valence-electron chi connectivity index (χ2n) is 7.26. The van der Waals surface area contributed by atoms with Crippen molar-refractivity contribution in [2.24, 2.45) is 0 Å². The summed E-state index contributed by atoms with van der Waals surface area (Å²) in [7, 11) is -3.52. The molecule has 30 heavy (non-hydrogen) atoms. The fourth-order valence-electron chi connectivity index (χ4n) is 3.24. The van der Waals surface area contributed by atoms with Gasteiger partial charge < -0.3 is 9.32 Å². The van der Waals surface area contributed by atoms with Crippen LogP contribution in [0.2, 0.25) is 0 Å². The molecule has 0 aliphatic rings. The molecule has 0 spiro atoms. The van der Waals surface area contributed by atoms with Gasteiger partial charge in [-0.3, -0.25) is 4.79 Å². The van der Waals surface area contributed by atoms with Crippen LogP contribution in [0, 0.1) is 0 Å². The highest BCUT2D eigenvalue weighted by molar-refractivity contribution is 7.99. The number of nitrogens with zero attached hydrogens (tertiary/aromatic N) is 4. The second kappa shape index (κ2) is 10.4. The summed E-state index contributed by atoms with van der Waals surface area (Å²) in [5.41, 5.74) is 0.616. The van der Waals surface area contributed by atoms with E-state index >= 15 is 0 Å². The number of thioether (sulfide) groups is 1. The highest BCUT2D eigenvalue weighted by atomic mass is 32.2. The Morgan fingerprint density at radius 2 is 1.60 bits per heavy atom. The minimum absolute atomic E-state index is 0.00992. The molecule has 166 valence electrons. The number of benzene rings is 1. The van der Waals surface area contributed by atoms with E-state index in [2.05, 4.69) is 10.2 Å². The number of amides is 1. The lowest BCUT2D eigenvalue weighted by atomic mass is 10.2. The summed E-state index contributed by atoms with van der Waals surface area (Å²) in [4.78, 5) is 14.5. The topological polar surface area (TPSA) is 96.6 Å². The van der Waals surface area contributed by atoms with Crippen LogP contribution in [0.1, 0.15) is 41.5 Å². The summed E-state index contributed by atoms with van der Waals surface area (Å²) in [6.07, 6.45) is 0. The molecule has 0 fully saturated rings. The maximum Gasteiger partial charge on any atom is 0.277 e. The lowest BCUT2D eigenvalue weighted by Gasteiger charge is -2.30. The van der Waals surface area contributed by atoms with Crippen molar-refractivity contribution < 1.29 is 17.6 Å². The third kappa shape index (κ3) is 5.61. The molecule has 0 saturated heterocycles. The van der Waals surface area contributed by atoms with E-state index in [1.165, 1.54) is 28.2 Å². The van der Waals surface area contributed by atoms with Crippen LogP contribution in [-0.2, 0) is 14.8 Å². The molecule has 1 aromatic heterocycles. The maximum absolute atomic E-state index is 12.6. The zero-order valence-electron chi connectivity index (χ0n) is 18.3. The quantitative estimate of drug-likeness (QED) is 0.507. The summed E-state index contributed by atoms with van der Waals surface area (Å²) < 4.78 is 32.2. The molecule has 1 heterocycles. The third-order valence-electron chi connectivity index (χ3n) is 4.57. The molecule has 0 atom stereocenters. The van der Waals surface area contributed by atoms with Gasteiger partial charge in [-0.2, -0.15) is 4.31 Å². The SMILES string of the molecule is CCN(CC)S(=O)(=O)c1ccc(-c2nnc(SCC(=O)N(C(C)C)C(C)C)o2)cc1. The first-order valence-corrected chi connectivity index (χ1v) is 12.4. The largest absolute Gasteiger partial charge is 0.411 e. The Balaban J connectivity index is 2.09. The molecule has 0 unspecified atom stereocenters. The first-order chi connectivity index (χ1) is 14.1. The molecule has 0 aliphatic heterocycles. The van der Waals surface area contributed by atoms with Gasteiger partial charge in [0, 0.05) is 30.7 Å². The predicted molar refractivity (Wildman–Crippen MR) is 118 cm³/mol. The van der Waals surface area contributed by atoms with Crippen LogP contribution in [0.4, 0.5) is 0 Å². The maximum atomic E-state index is 12.6. The molecular formula is C20H30N4O4S2. The van der Waals surface area contributed by atoms with E-state index in [0.717, 1.165) is 0 Å². The van der Waals surface area contributed by atoms with E-state index in [9.17, 15) is 13.2 Å². The fraction of sp³-hybridized carbons (Fsp3) is 0.550. The van der Waals surface area contributed by atoms with Gasteiger partial charge in [0.25, 0.3) is 5.22 Å². The van der Waals surface area contributed by atoms with Gasteiger partial charge in [-0.25, -0.2) is 8.42 Å². The molecular weight excluding hydrogens is 424 g/mol. The molecule has 1 aromatic carbocycles. The second-order valence-corrected chi connectivity index (χ2v) is 10.1. The summed E-state index contributed by atoms with van der Waals surface area (Å²) in [6, 6.07) is 6.58. The van der Waals surface area contributed by atoms with Crippen molar-refractivity contribution in [1.82, 2.24) is 19.4 Å². The van der Waals surface area contributed by atoms with Crippen molar-refractivity contribution in [3.05, 3.63) is 24.3 Å². The standard InChI is InChI=1S/C20H30N4O4S2/c1-7-23(8-2)30(26,27)17-11-9-16(10-12-17)19-21-22-20(28-19)29-13-18(25)24(14(3)4)15(5)6/h9-12,14-15H,7-8,13H2,1-6H3. The van der Waals surface area contributed by atoms with E-state index in [1.807, 2.05) is 32.6 Å². The Bertz CT molecular complexity index is 928. The summed E-state index contributed by atoms with van der Waals surface area (Å²) in [6.45, 7) is 12.4. The molecule has 0 bridgehead atoms. The fourth-order valence-corrected chi connectivity index (χ4v) is 5.33. The molecule has 10 heteroatoms. The average Bonchev–Trinajstić information content (AvgIpc) is 3.15. The Morgan fingerprint density at radius 3 is 2.10 bits per heavy atom. The summed E-state index contributed by atoms with van der Waals surface area (Å²) in [5, 5.41) is 8.30. The number of aromatic nitrogens is 2. The zero-order chi connectivity index (χ0) is 22.5. The number of sulfonamides is 1. The number of carbonyl (C=O) groups excluding carboxylic acids is 1. The average molecular weight is 455 g/mol. The van der Waals surface area contributed by atoms with Gasteiger partial charge >= 0.3 is 0 Å². The van der Waals surface area contributed by atoms with E-state index in [0.29, 0.717) is 23.9 Å². The van der Waals surface area contributed by atoms with Crippen molar-refractivity contribution >= 4 is 27.7 Å². The smallest absolute Gasteiger partial charge is 0.277 e. The first-order valence-electron chi connectivity index (χ1n) is 9.99. The lowest BCUT2D eigenvalue weighted by molar-refractivity contribution is -0.131. The van der Waals surface area contributed by atoms with Crippen LogP contribution in [0.5, 0.6) is 0 Å². The van der Waals surface area contributed by atoms with E-state index in [4.69, 9.17) is 4.42 Å². The van der Waals surface area contributed by atoms with E-state index < -0.39 is 10.0 Å². The van der Waals surface area contributed by atoms with Crippen molar-refractivity contribution in [3.63, 3.8) is 0 Å². The zero-order valence-corrected chi connectivity index (χ0v) is 20.0. The van der Waals surface area contributed by atoms with E-state index in [1.54, 1.807) is 26.0 Å². The molecule has 2 rings (SSSR count). The minimum atomic E-state index is -3.52. The van der Waals surface area contributed by atoms with Gasteiger partial charge in [0.1, 0.15) is 0 Å². The minimum Gasteiger partial charge on any atom is -0.411 e. The van der Waals surface area contributed by atoms with E-state index in [-0.39, 0.29) is 34.5 Å². The highest BCUT2D eigenvalue weighted by Gasteiger charge is 2.23. The van der Waals surface area contributed by atoms with Crippen molar-refractivity contribution in [1.29, 1.82) is 0 Å². The molecule has 0 aliphatic carbocycles. The van der Waals surface area contributed by atoms with Crippen molar-refractivity contribution in [2.45, 2.75) is 63.7 Å². The highest BCUT2D eigenvalue weighted by Crippen LogP contribution is 2.25. The molecule has 0 N–H and O–H groups in total. The monoisotopic (exact) mass is 454 g/mol. The van der Waals surface area contributed by atoms with Crippen LogP contribution >= 0.6 is 11.8 Å². The summed E-state index contributed by atoms with van der Waals surface area (Å²) >= 11 is 1.19. The number of rotatable bonds is 10. The first kappa shape index (κ1) is 24.4. The predicted octanol–water partition coefficient (Wildman–Crippen LogP) is 3.50. The number of carbonyl (C=O) groups is 1. The van der Waals surface area contributed by atoms with Gasteiger partial charge in [0.05, 0.1) is 10.6 Å². The van der Waals surface area contributed by atoms with Gasteiger partial charge in [0.15, 0.2) is 0 Å². The Morgan fingerprint density at radius 1 is 1.03 bits per heavy atom. The Kier molecular flexibility index (Phi) is 8.45. The van der Waals surface area contributed by atoms with Gasteiger partial charge in [-0.15, -0.1) is 10.2 Å². The van der Waals surface area contributed by atoms with Crippen LogP contribution in [-0.4, -0.2) is 64.7 Å². The Hall–Kier alpha value is -1.91. The number of hydrogen-bond acceptors (Lipinski definition) is 7. The summed E-state index contributed by atoms with van der Waals surface area (Å²) in [5.74, 6) is 0.496. The molecule has 0 radical (unpaired) electrons. The third-order valence-corrected chi connectivity index (χ3v) is 7.44. The molecule has 8 nitrogen and oxygen atoms in total. The van der Waals surface area contributed by atoms with Crippen LogP contribution in [0.3, 0.4) is 0 Å². The van der Waals surface area contributed by atoms with Gasteiger partial charge in [-0.1, -0.05) is 25.6 Å². The molecule has 0 saturated carbocycles.